The SMILES string of the molecule is NC(=O)c1ccc[n+](C2OC(COP(=O)([O-])OP(=O)([O-])OCC3OC(n4cnc5c(N)ncnc54)[C@@H](O)C3O)C(O)[C@@H]2O)c1.[Na+]. The first-order valence-electron chi connectivity index (χ1n) is 12.6. The number of hydrogen-bond acceptors (Lipinski definition) is 18. The molecule has 0 aliphatic carbocycles. The molecule has 240 valence electrons. The van der Waals surface area contributed by atoms with Crippen LogP contribution in [0.2, 0.25) is 0 Å². The van der Waals surface area contributed by atoms with E-state index in [1.165, 1.54) is 40.0 Å². The number of anilines is 1. The predicted octanol–water partition coefficient (Wildman–Crippen LogP) is -7.28. The number of ether oxygens (including phenoxy) is 2. The number of phosphoric acid groups is 2. The van der Waals surface area contributed by atoms with Gasteiger partial charge in [0.2, 0.25) is 0 Å². The van der Waals surface area contributed by atoms with Gasteiger partial charge in [-0.2, -0.15) is 4.57 Å². The topological polar surface area (TPSA) is 324 Å². The van der Waals surface area contributed by atoms with Crippen LogP contribution in [0.3, 0.4) is 0 Å². The van der Waals surface area contributed by atoms with Crippen LogP contribution in [0.4, 0.5) is 5.82 Å². The number of fused-ring (bicyclic) bond motifs is 1. The molecule has 3 aromatic rings. The Morgan fingerprint density at radius 2 is 1.62 bits per heavy atom. The first-order valence-corrected chi connectivity index (χ1v) is 15.5. The second-order valence-corrected chi connectivity index (χ2v) is 12.6. The van der Waals surface area contributed by atoms with Gasteiger partial charge in [0.15, 0.2) is 36.2 Å². The number of imidazole rings is 1. The molecule has 2 aliphatic rings. The monoisotopic (exact) mass is 685 g/mol. The summed E-state index contributed by atoms with van der Waals surface area (Å²) in [6.07, 6.45) is -7.26. The summed E-state index contributed by atoms with van der Waals surface area (Å²) in [6.45, 7) is -1.98. The van der Waals surface area contributed by atoms with Crippen LogP contribution in [0.1, 0.15) is 22.8 Å². The van der Waals surface area contributed by atoms with Crippen molar-refractivity contribution in [2.24, 2.45) is 5.73 Å². The largest absolute Gasteiger partial charge is 1.00 e. The van der Waals surface area contributed by atoms with Gasteiger partial charge in [0, 0.05) is 6.07 Å². The first-order chi connectivity index (χ1) is 20.7. The van der Waals surface area contributed by atoms with Crippen LogP contribution in [0, 0.1) is 0 Å². The molecule has 0 radical (unpaired) electrons. The molecule has 1 amide bonds. The molecule has 10 atom stereocenters. The quantitative estimate of drug-likeness (QED) is 0.0620. The average molecular weight is 685 g/mol. The number of aliphatic hydroxyl groups excluding tert-OH is 4. The van der Waals surface area contributed by atoms with Gasteiger partial charge >= 0.3 is 29.6 Å². The fraction of sp³-hybridized carbons (Fsp3) is 0.476. The number of nitrogens with zero attached hydrogens (tertiary/aromatic N) is 5. The third-order valence-corrected chi connectivity index (χ3v) is 9.26. The molecule has 0 saturated carbocycles. The average Bonchev–Trinajstić information content (AvgIpc) is 3.61. The molecule has 45 heavy (non-hydrogen) atoms. The van der Waals surface area contributed by atoms with Crippen LogP contribution < -0.4 is 55.4 Å². The minimum atomic E-state index is -5.68. The zero-order valence-electron chi connectivity index (χ0n) is 23.2. The Morgan fingerprint density at radius 1 is 1.00 bits per heavy atom. The number of nitrogen functional groups attached to an aromatic ring is 1. The van der Waals surface area contributed by atoms with E-state index in [9.17, 15) is 44.1 Å². The van der Waals surface area contributed by atoms with Gasteiger partial charge < -0.3 is 60.2 Å². The van der Waals surface area contributed by atoms with Crippen LogP contribution in [0.25, 0.3) is 11.2 Å². The van der Waals surface area contributed by atoms with Gasteiger partial charge in [0.25, 0.3) is 27.8 Å². The summed E-state index contributed by atoms with van der Waals surface area (Å²) >= 11 is 0. The fourth-order valence-corrected chi connectivity index (χ4v) is 6.58. The number of nitrogens with two attached hydrogens (primary N) is 2. The Balaban J connectivity index is 0.00000461. The number of primary amides is 1. The molecule has 3 aromatic heterocycles. The van der Waals surface area contributed by atoms with E-state index >= 15 is 0 Å². The molecule has 2 saturated heterocycles. The van der Waals surface area contributed by atoms with Gasteiger partial charge in [0.05, 0.1) is 19.5 Å². The first kappa shape index (κ1) is 35.8. The summed E-state index contributed by atoms with van der Waals surface area (Å²) in [4.78, 5) is 47.8. The van der Waals surface area contributed by atoms with Crippen molar-refractivity contribution in [3.63, 3.8) is 0 Å². The molecular formula is C21H26N7NaO14P2. The normalized spacial score (nSPS) is 30.9. The van der Waals surface area contributed by atoms with Crippen LogP contribution >= 0.6 is 15.6 Å². The second kappa shape index (κ2) is 14.0. The molecule has 0 spiro atoms. The number of pyridine rings is 1. The molecule has 24 heteroatoms. The molecule has 5 heterocycles. The third-order valence-electron chi connectivity index (χ3n) is 6.73. The van der Waals surface area contributed by atoms with Crippen molar-refractivity contribution >= 4 is 38.5 Å². The Kier molecular flexibility index (Phi) is 11.1. The number of rotatable bonds is 11. The summed E-state index contributed by atoms with van der Waals surface area (Å²) < 4.78 is 51.1. The number of carbonyl (C=O) groups excluding carboxylic acids is 1. The molecule has 0 aromatic carbocycles. The maximum absolute atomic E-state index is 12.3. The summed E-state index contributed by atoms with van der Waals surface area (Å²) in [5, 5.41) is 41.5. The minimum absolute atomic E-state index is 0. The molecule has 21 nitrogen and oxygen atoms in total. The third kappa shape index (κ3) is 7.77. The molecule has 0 bridgehead atoms. The molecule has 8 N–H and O–H groups in total. The molecule has 8 unspecified atom stereocenters. The van der Waals surface area contributed by atoms with Crippen molar-refractivity contribution in [2.75, 3.05) is 18.9 Å². The van der Waals surface area contributed by atoms with Crippen molar-refractivity contribution < 1.29 is 101 Å². The van der Waals surface area contributed by atoms with E-state index in [1.54, 1.807) is 0 Å². The number of aliphatic hydroxyl groups is 4. The maximum Gasteiger partial charge on any atom is 1.00 e. The van der Waals surface area contributed by atoms with Gasteiger partial charge in [-0.1, -0.05) is 0 Å². The predicted molar refractivity (Wildman–Crippen MR) is 135 cm³/mol. The van der Waals surface area contributed by atoms with Crippen LogP contribution in [0.5, 0.6) is 0 Å². The smallest absolute Gasteiger partial charge is 0.756 e. The van der Waals surface area contributed by atoms with E-state index < -0.39 is 83.8 Å². The molecular weight excluding hydrogens is 659 g/mol. The Labute approximate surface area is 274 Å². The number of aromatic nitrogens is 5. The fourth-order valence-electron chi connectivity index (χ4n) is 4.56. The summed E-state index contributed by atoms with van der Waals surface area (Å²) in [6, 6.07) is 2.80. The van der Waals surface area contributed by atoms with Crippen molar-refractivity contribution in [1.82, 2.24) is 19.5 Å². The van der Waals surface area contributed by atoms with Crippen LogP contribution in [-0.4, -0.2) is 95.7 Å². The van der Waals surface area contributed by atoms with Gasteiger partial charge in [-0.05, 0) is 6.07 Å². The van der Waals surface area contributed by atoms with E-state index in [0.29, 0.717) is 0 Å². The van der Waals surface area contributed by atoms with E-state index in [1.807, 2.05) is 0 Å². The second-order valence-electron chi connectivity index (χ2n) is 9.65. The van der Waals surface area contributed by atoms with Gasteiger partial charge in [0.1, 0.15) is 47.9 Å². The molecule has 2 aliphatic heterocycles. The Morgan fingerprint density at radius 3 is 2.27 bits per heavy atom. The van der Waals surface area contributed by atoms with E-state index in [0.717, 1.165) is 6.33 Å². The van der Waals surface area contributed by atoms with Gasteiger partial charge in [-0.25, -0.2) is 19.3 Å². The van der Waals surface area contributed by atoms with E-state index in [4.69, 9.17) is 20.9 Å². The van der Waals surface area contributed by atoms with E-state index in [-0.39, 0.29) is 52.1 Å². The van der Waals surface area contributed by atoms with E-state index in [2.05, 4.69) is 28.3 Å². The Hall–Kier alpha value is -2.01. The maximum atomic E-state index is 12.3. The molecule has 2 fully saturated rings. The van der Waals surface area contributed by atoms with Crippen molar-refractivity contribution in [3.8, 4) is 0 Å². The number of amides is 1. The summed E-state index contributed by atoms with van der Waals surface area (Å²) in [7, 11) is -11.4. The van der Waals surface area contributed by atoms with Crippen molar-refractivity contribution in [3.05, 3.63) is 42.7 Å². The summed E-state index contributed by atoms with van der Waals surface area (Å²) in [5.41, 5.74) is 11.3. The van der Waals surface area contributed by atoms with Crippen molar-refractivity contribution in [1.29, 1.82) is 0 Å². The van der Waals surface area contributed by atoms with Crippen LogP contribution in [-0.2, 0) is 32.0 Å². The minimum Gasteiger partial charge on any atom is -0.756 e. The number of phosphoric ester groups is 2. The zero-order valence-corrected chi connectivity index (χ0v) is 26.9. The Bertz CT molecular complexity index is 1640. The van der Waals surface area contributed by atoms with Crippen molar-refractivity contribution in [2.45, 2.75) is 49.1 Å². The number of carbonyl (C=O) groups is 1. The van der Waals surface area contributed by atoms with Gasteiger partial charge in [-0.3, -0.25) is 18.5 Å². The zero-order chi connectivity index (χ0) is 32.0. The van der Waals surface area contributed by atoms with Crippen LogP contribution in [0.15, 0.2) is 37.2 Å². The number of hydrogen-bond donors (Lipinski definition) is 6. The molecule has 5 rings (SSSR count). The summed E-state index contributed by atoms with van der Waals surface area (Å²) in [5.74, 6) is -0.743. The van der Waals surface area contributed by atoms with Gasteiger partial charge in [-0.15, -0.1) is 0 Å². The standard InChI is InChI=1S/C21H27N7O14P2.Na/c22-17-12-19(25-7-24-17)28(8-26-12)21-16(32)14(30)11(41-21)6-39-44(36,37)42-43(34,35)38-5-10-13(29)15(31)20(40-10)27-3-1-2-9(4-27)18(23)33;/h1-4,7-8,10-11,13-16,20-21,29-32H,5-6H2,(H5-,22,23,24,25,33,34,35,36,37);/q;+1/p-1/t10?,11?,13?,14?,15-,16-,20?,21?;/m0./s1.